The molecule has 248 valence electrons. The van der Waals surface area contributed by atoms with E-state index in [0.29, 0.717) is 36.8 Å². The zero-order valence-electron chi connectivity index (χ0n) is 28.1. The van der Waals surface area contributed by atoms with Crippen LogP contribution in [0.3, 0.4) is 0 Å². The first kappa shape index (κ1) is 36.4. The van der Waals surface area contributed by atoms with Crippen LogP contribution < -0.4 is 15.5 Å². The summed E-state index contributed by atoms with van der Waals surface area (Å²) in [6, 6.07) is 18.4. The van der Waals surface area contributed by atoms with Crippen molar-refractivity contribution in [2.45, 2.75) is 34.2 Å². The van der Waals surface area contributed by atoms with E-state index in [1.807, 2.05) is 50.2 Å². The minimum Gasteiger partial charge on any atom is -0.491 e. The van der Waals surface area contributed by atoms with E-state index in [2.05, 4.69) is 46.5 Å². The Kier molecular flexibility index (Phi) is 15.4. The van der Waals surface area contributed by atoms with Gasteiger partial charge in [0.15, 0.2) is 0 Å². The van der Waals surface area contributed by atoms with Gasteiger partial charge in [0.05, 0.1) is 37.3 Å². The number of amides is 2. The summed E-state index contributed by atoms with van der Waals surface area (Å²) in [7, 11) is 3.70. The predicted octanol–water partition coefficient (Wildman–Crippen LogP) is 5.14. The topological polar surface area (TPSA) is 105 Å². The van der Waals surface area contributed by atoms with E-state index in [-0.39, 0.29) is 18.1 Å². The van der Waals surface area contributed by atoms with Gasteiger partial charge in [-0.1, -0.05) is 44.2 Å². The average Bonchev–Trinajstić information content (AvgIpc) is 3.05. The number of anilines is 1. The number of nitrogens with one attached hydrogen (secondary N) is 2. The molecule has 0 aromatic heterocycles. The van der Waals surface area contributed by atoms with E-state index < -0.39 is 5.91 Å². The second-order valence-electron chi connectivity index (χ2n) is 11.1. The molecule has 0 radical (unpaired) electrons. The SMILES string of the molecule is CCN(CC)CCN(C)Cc1cccc(C(=O)Nc2ccc(OCCOCCOC)cc2C(=O)NN=Cc2ccc(C)c(C)c2)c1. The van der Waals surface area contributed by atoms with Crippen molar-refractivity contribution in [3.8, 4) is 5.75 Å². The van der Waals surface area contributed by atoms with Gasteiger partial charge in [0, 0.05) is 32.3 Å². The molecule has 0 atom stereocenters. The van der Waals surface area contributed by atoms with Crippen molar-refractivity contribution in [2.24, 2.45) is 5.10 Å². The minimum atomic E-state index is -0.485. The molecule has 3 rings (SSSR count). The lowest BCUT2D eigenvalue weighted by molar-refractivity contribution is 0.0544. The van der Waals surface area contributed by atoms with Crippen LogP contribution in [-0.2, 0) is 16.0 Å². The van der Waals surface area contributed by atoms with E-state index in [0.717, 1.165) is 49.4 Å². The molecule has 0 aliphatic carbocycles. The maximum atomic E-state index is 13.4. The molecule has 10 heteroatoms. The average molecular weight is 632 g/mol. The lowest BCUT2D eigenvalue weighted by atomic mass is 10.1. The summed E-state index contributed by atoms with van der Waals surface area (Å²) in [5.41, 5.74) is 7.85. The van der Waals surface area contributed by atoms with Crippen LogP contribution in [0, 0.1) is 13.8 Å². The zero-order chi connectivity index (χ0) is 33.3. The van der Waals surface area contributed by atoms with Crippen molar-refractivity contribution in [3.05, 3.63) is 94.0 Å². The molecule has 2 amide bonds. The highest BCUT2D eigenvalue weighted by Gasteiger charge is 2.17. The fraction of sp³-hybridized carbons (Fsp3) is 0.417. The summed E-state index contributed by atoms with van der Waals surface area (Å²) < 4.78 is 16.3. The first-order valence-electron chi connectivity index (χ1n) is 15.8. The van der Waals surface area contributed by atoms with Crippen LogP contribution >= 0.6 is 0 Å². The Bertz CT molecular complexity index is 1440. The fourth-order valence-corrected chi connectivity index (χ4v) is 4.69. The lowest BCUT2D eigenvalue weighted by Gasteiger charge is -2.23. The quantitative estimate of drug-likeness (QED) is 0.107. The number of methoxy groups -OCH3 is 1. The standard InChI is InChI=1S/C36H49N5O5/c1-7-41(8-2)17-16-40(5)26-30-10-9-11-31(23-30)35(42)38-34-15-14-32(46-21-20-45-19-18-44-6)24-33(34)36(43)39-37-25-29-13-12-27(3)28(4)22-29/h9-15,22-25H,7-8,16-21,26H2,1-6H3,(H,38,42)(H,39,43). The Labute approximate surface area is 273 Å². The number of carbonyl (C=O) groups is 2. The number of likely N-dealkylation sites (N-methyl/N-ethyl adjacent to an activating group) is 2. The van der Waals surface area contributed by atoms with Gasteiger partial charge in [-0.3, -0.25) is 9.59 Å². The number of carbonyl (C=O) groups excluding carboxylic acids is 2. The molecular formula is C36H49N5O5. The summed E-state index contributed by atoms with van der Waals surface area (Å²) in [6.45, 7) is 14.7. The van der Waals surface area contributed by atoms with Crippen molar-refractivity contribution in [3.63, 3.8) is 0 Å². The Morgan fingerprint density at radius 3 is 2.39 bits per heavy atom. The summed E-state index contributed by atoms with van der Waals surface area (Å²) in [5, 5.41) is 7.08. The van der Waals surface area contributed by atoms with Crippen LogP contribution in [0.15, 0.2) is 65.8 Å². The number of benzene rings is 3. The first-order valence-corrected chi connectivity index (χ1v) is 15.8. The third-order valence-corrected chi connectivity index (χ3v) is 7.66. The van der Waals surface area contributed by atoms with Gasteiger partial charge >= 0.3 is 0 Å². The molecule has 0 saturated heterocycles. The minimum absolute atomic E-state index is 0.218. The third-order valence-electron chi connectivity index (χ3n) is 7.66. The summed E-state index contributed by atoms with van der Waals surface area (Å²) in [6.07, 6.45) is 1.59. The van der Waals surface area contributed by atoms with Crippen LogP contribution in [-0.4, -0.2) is 94.6 Å². The second-order valence-corrected chi connectivity index (χ2v) is 11.1. The summed E-state index contributed by atoms with van der Waals surface area (Å²) in [5.74, 6) is -0.340. The molecule has 46 heavy (non-hydrogen) atoms. The first-order chi connectivity index (χ1) is 22.2. The Balaban J connectivity index is 1.73. The van der Waals surface area contributed by atoms with Gasteiger partial charge in [0.1, 0.15) is 12.4 Å². The molecule has 3 aromatic carbocycles. The van der Waals surface area contributed by atoms with Gasteiger partial charge in [0.25, 0.3) is 11.8 Å². The van der Waals surface area contributed by atoms with Crippen molar-refractivity contribution < 1.29 is 23.8 Å². The van der Waals surface area contributed by atoms with Gasteiger partial charge in [-0.2, -0.15) is 5.10 Å². The van der Waals surface area contributed by atoms with Crippen molar-refractivity contribution in [1.29, 1.82) is 0 Å². The van der Waals surface area contributed by atoms with E-state index in [4.69, 9.17) is 14.2 Å². The molecule has 2 N–H and O–H groups in total. The molecule has 0 spiro atoms. The lowest BCUT2D eigenvalue weighted by Crippen LogP contribution is -2.32. The van der Waals surface area contributed by atoms with E-state index in [9.17, 15) is 9.59 Å². The molecule has 0 saturated carbocycles. The normalized spacial score (nSPS) is 11.4. The van der Waals surface area contributed by atoms with Gasteiger partial charge in [-0.25, -0.2) is 5.43 Å². The molecule has 0 heterocycles. The molecule has 0 bridgehead atoms. The highest BCUT2D eigenvalue weighted by Crippen LogP contribution is 2.24. The fourth-order valence-electron chi connectivity index (χ4n) is 4.69. The predicted molar refractivity (Wildman–Crippen MR) is 184 cm³/mol. The van der Waals surface area contributed by atoms with E-state index in [1.54, 1.807) is 37.6 Å². The van der Waals surface area contributed by atoms with E-state index >= 15 is 0 Å². The van der Waals surface area contributed by atoms with Crippen LogP contribution in [0.4, 0.5) is 5.69 Å². The largest absolute Gasteiger partial charge is 0.491 e. The number of ether oxygens (including phenoxy) is 3. The van der Waals surface area contributed by atoms with E-state index in [1.165, 1.54) is 5.56 Å². The van der Waals surface area contributed by atoms with Gasteiger partial charge in [-0.05, 0) is 86.6 Å². The molecule has 3 aromatic rings. The van der Waals surface area contributed by atoms with Gasteiger partial charge < -0.3 is 29.3 Å². The van der Waals surface area contributed by atoms with Crippen molar-refractivity contribution >= 4 is 23.7 Å². The molecule has 0 fully saturated rings. The smallest absolute Gasteiger partial charge is 0.273 e. The molecule has 0 aliphatic rings. The number of hydrazone groups is 1. The molecule has 10 nitrogen and oxygen atoms in total. The van der Waals surface area contributed by atoms with Gasteiger partial charge in [0.2, 0.25) is 0 Å². The number of nitrogens with zero attached hydrogens (tertiary/aromatic N) is 3. The Hall–Kier alpha value is -4.09. The van der Waals surface area contributed by atoms with Crippen LogP contribution in [0.1, 0.15) is 56.8 Å². The monoisotopic (exact) mass is 631 g/mol. The number of aryl methyl sites for hydroxylation is 2. The van der Waals surface area contributed by atoms with Crippen molar-refractivity contribution in [2.75, 3.05) is 72.1 Å². The molecular weight excluding hydrogens is 582 g/mol. The zero-order valence-corrected chi connectivity index (χ0v) is 28.1. The summed E-state index contributed by atoms with van der Waals surface area (Å²) in [4.78, 5) is 31.4. The number of hydrogen-bond acceptors (Lipinski definition) is 8. The second kappa shape index (κ2) is 19.4. The number of rotatable bonds is 19. The van der Waals surface area contributed by atoms with Crippen LogP contribution in [0.2, 0.25) is 0 Å². The van der Waals surface area contributed by atoms with Crippen LogP contribution in [0.25, 0.3) is 0 Å². The third kappa shape index (κ3) is 12.0. The molecule has 0 aliphatic heterocycles. The highest BCUT2D eigenvalue weighted by molar-refractivity contribution is 6.09. The Morgan fingerprint density at radius 1 is 0.870 bits per heavy atom. The van der Waals surface area contributed by atoms with Crippen molar-refractivity contribution in [1.82, 2.24) is 15.2 Å². The maximum absolute atomic E-state index is 13.4. The van der Waals surface area contributed by atoms with Gasteiger partial charge in [-0.15, -0.1) is 0 Å². The Morgan fingerprint density at radius 2 is 1.65 bits per heavy atom. The highest BCUT2D eigenvalue weighted by atomic mass is 16.5. The molecule has 0 unspecified atom stereocenters. The maximum Gasteiger partial charge on any atom is 0.273 e. The van der Waals surface area contributed by atoms with Crippen LogP contribution in [0.5, 0.6) is 5.75 Å². The summed E-state index contributed by atoms with van der Waals surface area (Å²) >= 11 is 0. The number of hydrogen-bond donors (Lipinski definition) is 2.